The SMILES string of the molecule is O=C(O)CCNCC(=O)N1CCc2cc(OCc3ccc(C4CC4)c(OC(F)(F)F)c3)ccc21. The number of nitrogens with zero attached hydrogens (tertiary/aromatic N) is 1. The smallest absolute Gasteiger partial charge is 0.489 e. The maximum atomic E-state index is 12.8. The molecule has 1 fully saturated rings. The third kappa shape index (κ3) is 6.19. The molecule has 0 aromatic heterocycles. The Bertz CT molecular complexity index is 1070. The summed E-state index contributed by atoms with van der Waals surface area (Å²) in [6.07, 6.45) is -2.45. The molecule has 1 aliphatic heterocycles. The number of fused-ring (bicyclic) bond motifs is 1. The van der Waals surface area contributed by atoms with Crippen LogP contribution in [-0.2, 0) is 22.6 Å². The highest BCUT2D eigenvalue weighted by molar-refractivity contribution is 5.96. The lowest BCUT2D eigenvalue weighted by Crippen LogP contribution is -2.37. The summed E-state index contributed by atoms with van der Waals surface area (Å²) in [7, 11) is 0. The fourth-order valence-corrected chi connectivity index (χ4v) is 3.99. The van der Waals surface area contributed by atoms with Crippen molar-refractivity contribution in [2.24, 2.45) is 0 Å². The van der Waals surface area contributed by atoms with E-state index >= 15 is 0 Å². The Morgan fingerprint density at radius 2 is 1.94 bits per heavy atom. The Kier molecular flexibility index (Phi) is 6.97. The van der Waals surface area contributed by atoms with Gasteiger partial charge in [-0.3, -0.25) is 9.59 Å². The number of hydrogen-bond acceptors (Lipinski definition) is 5. The first kappa shape index (κ1) is 23.9. The van der Waals surface area contributed by atoms with Gasteiger partial charge in [0.1, 0.15) is 18.1 Å². The van der Waals surface area contributed by atoms with Crippen LogP contribution in [0.15, 0.2) is 36.4 Å². The summed E-state index contributed by atoms with van der Waals surface area (Å²) in [4.78, 5) is 24.7. The summed E-state index contributed by atoms with van der Waals surface area (Å²) in [5.41, 5.74) is 2.84. The highest BCUT2D eigenvalue weighted by atomic mass is 19.4. The van der Waals surface area contributed by atoms with Crippen LogP contribution < -0.4 is 19.7 Å². The minimum absolute atomic E-state index is 0.0458. The number of anilines is 1. The van der Waals surface area contributed by atoms with Gasteiger partial charge in [-0.1, -0.05) is 12.1 Å². The molecule has 1 saturated carbocycles. The molecule has 1 heterocycles. The van der Waals surface area contributed by atoms with Crippen LogP contribution in [0, 0.1) is 0 Å². The van der Waals surface area contributed by atoms with Crippen LogP contribution >= 0.6 is 0 Å². The van der Waals surface area contributed by atoms with E-state index in [1.165, 1.54) is 6.07 Å². The summed E-state index contributed by atoms with van der Waals surface area (Å²) < 4.78 is 48.5. The van der Waals surface area contributed by atoms with Crippen molar-refractivity contribution in [1.29, 1.82) is 0 Å². The van der Waals surface area contributed by atoms with Gasteiger partial charge < -0.3 is 24.8 Å². The molecule has 0 radical (unpaired) electrons. The molecule has 10 heteroatoms. The number of alkyl halides is 3. The van der Waals surface area contributed by atoms with Crippen molar-refractivity contribution in [3.63, 3.8) is 0 Å². The number of nitrogens with one attached hydrogen (secondary N) is 1. The molecular formula is C24H25F3N2O5. The van der Waals surface area contributed by atoms with Gasteiger partial charge >= 0.3 is 12.3 Å². The number of aliphatic carboxylic acids is 1. The van der Waals surface area contributed by atoms with Crippen molar-refractivity contribution >= 4 is 17.6 Å². The summed E-state index contributed by atoms with van der Waals surface area (Å²) in [5, 5.41) is 11.5. The Labute approximate surface area is 194 Å². The van der Waals surface area contributed by atoms with E-state index in [9.17, 15) is 22.8 Å². The second-order valence-electron chi connectivity index (χ2n) is 8.39. The lowest BCUT2D eigenvalue weighted by molar-refractivity contribution is -0.274. The average molecular weight is 478 g/mol. The van der Waals surface area contributed by atoms with Gasteiger partial charge in [0.25, 0.3) is 0 Å². The zero-order valence-electron chi connectivity index (χ0n) is 18.4. The second-order valence-corrected chi connectivity index (χ2v) is 8.39. The molecule has 2 aromatic rings. The van der Waals surface area contributed by atoms with Gasteiger partial charge in [-0.2, -0.15) is 0 Å². The molecule has 0 bridgehead atoms. The van der Waals surface area contributed by atoms with Gasteiger partial charge in [0.2, 0.25) is 5.91 Å². The molecule has 7 nitrogen and oxygen atoms in total. The van der Waals surface area contributed by atoms with Crippen molar-refractivity contribution in [2.75, 3.05) is 24.5 Å². The molecule has 0 atom stereocenters. The van der Waals surface area contributed by atoms with Gasteiger partial charge in [0, 0.05) is 18.8 Å². The Morgan fingerprint density at radius 3 is 2.65 bits per heavy atom. The monoisotopic (exact) mass is 478 g/mol. The summed E-state index contributed by atoms with van der Waals surface area (Å²) in [6, 6.07) is 10.1. The van der Waals surface area contributed by atoms with Gasteiger partial charge in [0.05, 0.1) is 13.0 Å². The van der Waals surface area contributed by atoms with Crippen molar-refractivity contribution in [3.8, 4) is 11.5 Å². The van der Waals surface area contributed by atoms with Crippen LogP contribution in [0.5, 0.6) is 11.5 Å². The first-order valence-electron chi connectivity index (χ1n) is 11.1. The predicted octanol–water partition coefficient (Wildman–Crippen LogP) is 4.00. The van der Waals surface area contributed by atoms with Crippen LogP contribution in [-0.4, -0.2) is 43.0 Å². The topological polar surface area (TPSA) is 88.1 Å². The lowest BCUT2D eigenvalue weighted by Gasteiger charge is -2.18. The first-order chi connectivity index (χ1) is 16.2. The quantitative estimate of drug-likeness (QED) is 0.502. The number of benzene rings is 2. The van der Waals surface area contributed by atoms with Gasteiger partial charge in [0.15, 0.2) is 0 Å². The Morgan fingerprint density at radius 1 is 1.15 bits per heavy atom. The number of carboxylic acids is 1. The summed E-state index contributed by atoms with van der Waals surface area (Å²) in [6.45, 7) is 0.850. The zero-order chi connectivity index (χ0) is 24.3. The molecular weight excluding hydrogens is 453 g/mol. The van der Waals surface area contributed by atoms with E-state index in [1.807, 2.05) is 6.07 Å². The predicted molar refractivity (Wildman–Crippen MR) is 117 cm³/mol. The molecule has 0 spiro atoms. The average Bonchev–Trinajstić information content (AvgIpc) is 3.52. The standard InChI is InChI=1S/C24H25F3N2O5/c25-24(26,27)34-21-11-15(1-5-19(21)16-2-3-16)14-33-18-4-6-20-17(12-18)8-10-29(20)22(30)13-28-9-7-23(31)32/h1,4-6,11-12,16,28H,2-3,7-10,13-14H2,(H,31,32). The van der Waals surface area contributed by atoms with E-state index in [-0.39, 0.29) is 43.7 Å². The van der Waals surface area contributed by atoms with Crippen LogP contribution in [0.4, 0.5) is 18.9 Å². The van der Waals surface area contributed by atoms with E-state index < -0.39 is 12.3 Å². The number of carbonyl (C=O) groups is 2. The Balaban J connectivity index is 1.36. The molecule has 4 rings (SSSR count). The normalized spacial score (nSPS) is 15.2. The molecule has 1 amide bonds. The van der Waals surface area contributed by atoms with Crippen molar-refractivity contribution in [2.45, 2.75) is 44.6 Å². The highest BCUT2D eigenvalue weighted by Gasteiger charge is 2.35. The maximum Gasteiger partial charge on any atom is 0.573 e. The number of carbonyl (C=O) groups excluding carboxylic acids is 1. The number of amides is 1. The van der Waals surface area contributed by atoms with Crippen molar-refractivity contribution < 1.29 is 37.3 Å². The highest BCUT2D eigenvalue weighted by Crippen LogP contribution is 2.45. The minimum Gasteiger partial charge on any atom is -0.489 e. The number of halogens is 3. The van der Waals surface area contributed by atoms with E-state index in [4.69, 9.17) is 9.84 Å². The zero-order valence-corrected chi connectivity index (χ0v) is 18.4. The number of carboxylic acid groups (broad SMARTS) is 1. The molecule has 2 aromatic carbocycles. The van der Waals surface area contributed by atoms with E-state index in [2.05, 4.69) is 10.1 Å². The number of ether oxygens (including phenoxy) is 2. The maximum absolute atomic E-state index is 12.8. The van der Waals surface area contributed by atoms with E-state index in [0.29, 0.717) is 29.8 Å². The summed E-state index contributed by atoms with van der Waals surface area (Å²) in [5.74, 6) is -0.580. The molecule has 34 heavy (non-hydrogen) atoms. The largest absolute Gasteiger partial charge is 0.573 e. The summed E-state index contributed by atoms with van der Waals surface area (Å²) >= 11 is 0. The van der Waals surface area contributed by atoms with Crippen LogP contribution in [0.3, 0.4) is 0 Å². The van der Waals surface area contributed by atoms with Gasteiger partial charge in [-0.15, -0.1) is 13.2 Å². The third-order valence-corrected chi connectivity index (χ3v) is 5.77. The fourth-order valence-electron chi connectivity index (χ4n) is 3.99. The molecule has 2 N–H and O–H groups in total. The third-order valence-electron chi connectivity index (χ3n) is 5.77. The van der Waals surface area contributed by atoms with Crippen molar-refractivity contribution in [3.05, 3.63) is 53.1 Å². The van der Waals surface area contributed by atoms with Crippen LogP contribution in [0.1, 0.15) is 41.9 Å². The molecule has 0 saturated heterocycles. The number of rotatable bonds is 10. The second kappa shape index (κ2) is 9.92. The molecule has 0 unspecified atom stereocenters. The van der Waals surface area contributed by atoms with Gasteiger partial charge in [-0.25, -0.2) is 0 Å². The van der Waals surface area contributed by atoms with E-state index in [1.54, 1.807) is 29.2 Å². The van der Waals surface area contributed by atoms with E-state index in [0.717, 1.165) is 24.1 Å². The van der Waals surface area contributed by atoms with Crippen LogP contribution in [0.2, 0.25) is 0 Å². The number of hydrogen-bond donors (Lipinski definition) is 2. The van der Waals surface area contributed by atoms with Gasteiger partial charge in [-0.05, 0) is 66.1 Å². The minimum atomic E-state index is -4.75. The first-order valence-corrected chi connectivity index (χ1v) is 11.1. The van der Waals surface area contributed by atoms with Crippen molar-refractivity contribution in [1.82, 2.24) is 5.32 Å². The Hall–Kier alpha value is -3.27. The van der Waals surface area contributed by atoms with Crippen LogP contribution in [0.25, 0.3) is 0 Å². The molecule has 1 aliphatic carbocycles. The molecule has 2 aliphatic rings. The fraction of sp³-hybridized carbons (Fsp3) is 0.417. The lowest BCUT2D eigenvalue weighted by atomic mass is 10.1. The molecule has 182 valence electrons.